The Morgan fingerprint density at radius 3 is 2.50 bits per heavy atom. The molecule has 1 N–H and O–H groups in total. The van der Waals surface area contributed by atoms with Gasteiger partial charge in [-0.1, -0.05) is 26.7 Å². The molecule has 2 rings (SSSR count). The minimum Gasteiger partial charge on any atom is -0.316 e. The summed E-state index contributed by atoms with van der Waals surface area (Å²) < 4.78 is 0. The minimum absolute atomic E-state index is 0.733. The molecule has 0 spiro atoms. The van der Waals surface area contributed by atoms with Crippen LogP contribution in [0.4, 0.5) is 0 Å². The molecule has 16 heavy (non-hydrogen) atoms. The number of hydrogen-bond acceptors (Lipinski definition) is 2. The molecular formula is C14H28N2. The van der Waals surface area contributed by atoms with Crippen LogP contribution < -0.4 is 5.32 Å². The molecule has 94 valence electrons. The Balaban J connectivity index is 1.83. The second kappa shape index (κ2) is 5.50. The van der Waals surface area contributed by atoms with Crippen LogP contribution in [0.15, 0.2) is 0 Å². The Morgan fingerprint density at radius 2 is 1.94 bits per heavy atom. The monoisotopic (exact) mass is 224 g/mol. The molecule has 2 atom stereocenters. The summed E-state index contributed by atoms with van der Waals surface area (Å²) in [5.74, 6) is 2.84. The van der Waals surface area contributed by atoms with Gasteiger partial charge in [0.15, 0.2) is 0 Å². The summed E-state index contributed by atoms with van der Waals surface area (Å²) in [5.41, 5.74) is 0. The molecule has 0 aromatic carbocycles. The predicted molar refractivity (Wildman–Crippen MR) is 69.6 cm³/mol. The highest BCUT2D eigenvalue weighted by Crippen LogP contribution is 2.37. The average Bonchev–Trinajstić information content (AvgIpc) is 3.00. The van der Waals surface area contributed by atoms with Gasteiger partial charge >= 0.3 is 0 Å². The Bertz CT molecular complexity index is 199. The Labute approximate surface area is 101 Å². The fourth-order valence-corrected chi connectivity index (χ4v) is 3.17. The lowest BCUT2D eigenvalue weighted by atomic mass is 9.89. The zero-order valence-electron chi connectivity index (χ0n) is 11.2. The lowest BCUT2D eigenvalue weighted by molar-refractivity contribution is 0.124. The standard InChI is InChI=1S/C14H28N2/c1-11(2)8-16-9-13(6-12-4-5-12)7-14(10-16)15-3/h11-15H,4-10H2,1-3H3. The number of hydrogen-bond donors (Lipinski definition) is 1. The lowest BCUT2D eigenvalue weighted by Gasteiger charge is -2.38. The van der Waals surface area contributed by atoms with Gasteiger partial charge in [0.2, 0.25) is 0 Å². The first kappa shape index (κ1) is 12.4. The van der Waals surface area contributed by atoms with Gasteiger partial charge < -0.3 is 10.2 Å². The Kier molecular flexibility index (Phi) is 4.26. The number of likely N-dealkylation sites (N-methyl/N-ethyl adjacent to an activating group) is 1. The van der Waals surface area contributed by atoms with Crippen LogP contribution in [-0.4, -0.2) is 37.6 Å². The van der Waals surface area contributed by atoms with Crippen molar-refractivity contribution in [2.24, 2.45) is 17.8 Å². The van der Waals surface area contributed by atoms with E-state index in [2.05, 4.69) is 31.1 Å². The van der Waals surface area contributed by atoms with Gasteiger partial charge in [0.05, 0.1) is 0 Å². The maximum atomic E-state index is 3.49. The highest BCUT2D eigenvalue weighted by atomic mass is 15.2. The molecule has 0 radical (unpaired) electrons. The normalized spacial score (nSPS) is 32.2. The van der Waals surface area contributed by atoms with Gasteiger partial charge in [-0.3, -0.25) is 0 Å². The molecule has 0 amide bonds. The third-order valence-corrected chi connectivity index (χ3v) is 4.01. The van der Waals surface area contributed by atoms with E-state index in [9.17, 15) is 0 Å². The highest BCUT2D eigenvalue weighted by molar-refractivity contribution is 4.86. The molecule has 1 saturated heterocycles. The summed E-state index contributed by atoms with van der Waals surface area (Å²) in [6, 6.07) is 0.733. The third-order valence-electron chi connectivity index (χ3n) is 4.01. The molecule has 2 nitrogen and oxygen atoms in total. The van der Waals surface area contributed by atoms with Crippen molar-refractivity contribution in [3.63, 3.8) is 0 Å². The molecule has 0 aromatic heterocycles. The van der Waals surface area contributed by atoms with Crippen molar-refractivity contribution in [3.8, 4) is 0 Å². The molecule has 1 aliphatic heterocycles. The highest BCUT2D eigenvalue weighted by Gasteiger charge is 2.31. The largest absolute Gasteiger partial charge is 0.316 e. The van der Waals surface area contributed by atoms with E-state index in [-0.39, 0.29) is 0 Å². The summed E-state index contributed by atoms with van der Waals surface area (Å²) in [6.07, 6.45) is 5.91. The van der Waals surface area contributed by atoms with E-state index in [0.717, 1.165) is 23.8 Å². The quantitative estimate of drug-likeness (QED) is 0.771. The van der Waals surface area contributed by atoms with Crippen LogP contribution >= 0.6 is 0 Å². The van der Waals surface area contributed by atoms with Gasteiger partial charge in [-0.05, 0) is 37.6 Å². The number of nitrogens with one attached hydrogen (secondary N) is 1. The van der Waals surface area contributed by atoms with Crippen LogP contribution in [0.1, 0.15) is 39.5 Å². The third kappa shape index (κ3) is 3.74. The van der Waals surface area contributed by atoms with Gasteiger partial charge in [0.25, 0.3) is 0 Å². The van der Waals surface area contributed by atoms with E-state index < -0.39 is 0 Å². The van der Waals surface area contributed by atoms with Crippen molar-refractivity contribution < 1.29 is 0 Å². The lowest BCUT2D eigenvalue weighted by Crippen LogP contribution is -2.49. The van der Waals surface area contributed by atoms with Crippen LogP contribution in [0.3, 0.4) is 0 Å². The van der Waals surface area contributed by atoms with Crippen LogP contribution in [0.2, 0.25) is 0 Å². The van der Waals surface area contributed by atoms with Gasteiger partial charge in [0.1, 0.15) is 0 Å². The zero-order chi connectivity index (χ0) is 11.5. The number of piperidine rings is 1. The molecule has 2 aliphatic rings. The molecule has 2 unspecified atom stereocenters. The summed E-state index contributed by atoms with van der Waals surface area (Å²) in [4.78, 5) is 2.68. The molecule has 1 aliphatic carbocycles. The van der Waals surface area contributed by atoms with Crippen LogP contribution in [0, 0.1) is 17.8 Å². The second-order valence-electron chi connectivity index (χ2n) is 6.38. The fraction of sp³-hybridized carbons (Fsp3) is 1.00. The summed E-state index contributed by atoms with van der Waals surface area (Å²) in [6.45, 7) is 8.56. The van der Waals surface area contributed by atoms with E-state index in [1.165, 1.54) is 45.3 Å². The molecule has 1 saturated carbocycles. The second-order valence-corrected chi connectivity index (χ2v) is 6.38. The number of rotatable bonds is 5. The van der Waals surface area contributed by atoms with Crippen LogP contribution in [0.5, 0.6) is 0 Å². The first-order chi connectivity index (χ1) is 7.67. The number of likely N-dealkylation sites (tertiary alicyclic amines) is 1. The van der Waals surface area contributed by atoms with Crippen LogP contribution in [0.25, 0.3) is 0 Å². The van der Waals surface area contributed by atoms with E-state index in [1.807, 2.05) is 0 Å². The summed E-state index contributed by atoms with van der Waals surface area (Å²) in [5, 5.41) is 3.49. The van der Waals surface area contributed by atoms with E-state index in [1.54, 1.807) is 0 Å². The fourth-order valence-electron chi connectivity index (χ4n) is 3.17. The summed E-state index contributed by atoms with van der Waals surface area (Å²) in [7, 11) is 2.12. The van der Waals surface area contributed by atoms with Crippen molar-refractivity contribution in [2.45, 2.75) is 45.6 Å². The van der Waals surface area contributed by atoms with Crippen molar-refractivity contribution >= 4 is 0 Å². The van der Waals surface area contributed by atoms with Crippen LogP contribution in [-0.2, 0) is 0 Å². The van der Waals surface area contributed by atoms with E-state index >= 15 is 0 Å². The molecule has 1 heterocycles. The SMILES string of the molecule is CNC1CC(CC2CC2)CN(CC(C)C)C1. The maximum absolute atomic E-state index is 3.49. The van der Waals surface area contributed by atoms with Crippen molar-refractivity contribution in [1.82, 2.24) is 10.2 Å². The Morgan fingerprint density at radius 1 is 1.19 bits per heavy atom. The predicted octanol–water partition coefficient (Wildman–Crippen LogP) is 2.35. The van der Waals surface area contributed by atoms with Gasteiger partial charge in [0, 0.05) is 25.7 Å². The van der Waals surface area contributed by atoms with E-state index in [0.29, 0.717) is 0 Å². The van der Waals surface area contributed by atoms with Gasteiger partial charge in [-0.2, -0.15) is 0 Å². The first-order valence-electron chi connectivity index (χ1n) is 7.07. The molecular weight excluding hydrogens is 196 g/mol. The topological polar surface area (TPSA) is 15.3 Å². The van der Waals surface area contributed by atoms with Crippen molar-refractivity contribution in [3.05, 3.63) is 0 Å². The molecule has 0 bridgehead atoms. The molecule has 2 fully saturated rings. The van der Waals surface area contributed by atoms with Crippen molar-refractivity contribution in [2.75, 3.05) is 26.7 Å². The zero-order valence-corrected chi connectivity index (χ0v) is 11.2. The smallest absolute Gasteiger partial charge is 0.0195 e. The maximum Gasteiger partial charge on any atom is 0.0195 e. The molecule has 2 heteroatoms. The van der Waals surface area contributed by atoms with Crippen molar-refractivity contribution in [1.29, 1.82) is 0 Å². The van der Waals surface area contributed by atoms with Gasteiger partial charge in [-0.15, -0.1) is 0 Å². The Hall–Kier alpha value is -0.0800. The van der Waals surface area contributed by atoms with Gasteiger partial charge in [-0.25, -0.2) is 0 Å². The van der Waals surface area contributed by atoms with E-state index in [4.69, 9.17) is 0 Å². The minimum atomic E-state index is 0.733. The summed E-state index contributed by atoms with van der Waals surface area (Å²) >= 11 is 0. The number of nitrogens with zero attached hydrogens (tertiary/aromatic N) is 1. The average molecular weight is 224 g/mol. The molecule has 0 aromatic rings. The first-order valence-corrected chi connectivity index (χ1v) is 7.07.